The van der Waals surface area contributed by atoms with Gasteiger partial charge in [-0.05, 0) is 54.3 Å². The zero-order valence-corrected chi connectivity index (χ0v) is 18.5. The van der Waals surface area contributed by atoms with Crippen molar-refractivity contribution in [1.82, 2.24) is 4.98 Å². The van der Waals surface area contributed by atoms with Crippen LogP contribution in [-0.4, -0.2) is 16.1 Å². The lowest BCUT2D eigenvalue weighted by atomic mass is 10.0. The van der Waals surface area contributed by atoms with Crippen molar-refractivity contribution in [1.29, 1.82) is 0 Å². The van der Waals surface area contributed by atoms with Crippen LogP contribution in [0.3, 0.4) is 0 Å². The molecule has 0 saturated heterocycles. The van der Waals surface area contributed by atoms with E-state index in [4.69, 9.17) is 5.11 Å². The molecule has 5 heteroatoms. The molecular formula is C29H23N3O2. The van der Waals surface area contributed by atoms with Crippen LogP contribution in [0.25, 0.3) is 22.2 Å². The predicted octanol–water partition coefficient (Wildman–Crippen LogP) is 7.73. The van der Waals surface area contributed by atoms with Crippen LogP contribution in [0.4, 0.5) is 11.4 Å². The highest BCUT2D eigenvalue weighted by atomic mass is 16.4. The summed E-state index contributed by atoms with van der Waals surface area (Å²) < 4.78 is 0. The quantitative estimate of drug-likeness (QED) is 0.251. The molecule has 5 nitrogen and oxygen atoms in total. The number of aromatic amines is 1. The van der Waals surface area contributed by atoms with Gasteiger partial charge < -0.3 is 10.1 Å². The maximum absolute atomic E-state index is 11.1. The van der Waals surface area contributed by atoms with Crippen LogP contribution in [0.2, 0.25) is 0 Å². The number of aryl methyl sites for hydroxylation is 2. The van der Waals surface area contributed by atoms with Crippen LogP contribution in [0.15, 0.2) is 113 Å². The molecule has 0 saturated carbocycles. The minimum Gasteiger partial charge on any atom is -0.478 e. The molecule has 2 N–H and O–H groups in total. The van der Waals surface area contributed by atoms with E-state index in [9.17, 15) is 4.79 Å². The number of aromatic carboxylic acids is 1. The highest BCUT2D eigenvalue weighted by Crippen LogP contribution is 2.38. The fraction of sp³-hybridized carbons (Fsp3) is 0.0690. The Morgan fingerprint density at radius 1 is 0.706 bits per heavy atom. The molecule has 0 unspecified atom stereocenters. The number of H-pyrrole nitrogens is 1. The number of azo groups is 1. The number of carboxylic acids is 1. The van der Waals surface area contributed by atoms with Crippen molar-refractivity contribution in [2.75, 3.05) is 0 Å². The number of para-hydroxylation sites is 1. The minimum atomic E-state index is -0.963. The molecule has 0 aliphatic rings. The lowest BCUT2D eigenvalue weighted by Crippen LogP contribution is -1.93. The second-order valence-electron chi connectivity index (χ2n) is 8.13. The first-order chi connectivity index (χ1) is 16.7. The van der Waals surface area contributed by atoms with E-state index >= 15 is 0 Å². The molecule has 4 aromatic carbocycles. The summed E-state index contributed by atoms with van der Waals surface area (Å²) in [6.45, 7) is 0. The van der Waals surface area contributed by atoms with Crippen molar-refractivity contribution in [2.24, 2.45) is 10.2 Å². The summed E-state index contributed by atoms with van der Waals surface area (Å²) in [6, 6.07) is 33.4. The summed E-state index contributed by atoms with van der Waals surface area (Å²) in [4.78, 5) is 14.6. The molecule has 0 amide bonds. The second kappa shape index (κ2) is 9.55. The van der Waals surface area contributed by atoms with Crippen molar-refractivity contribution in [3.05, 3.63) is 120 Å². The number of carbonyl (C=O) groups is 1. The Bertz CT molecular complexity index is 1450. The smallest absolute Gasteiger partial charge is 0.335 e. The Balaban J connectivity index is 1.43. The van der Waals surface area contributed by atoms with E-state index < -0.39 is 5.97 Å². The van der Waals surface area contributed by atoms with E-state index in [1.165, 1.54) is 23.3 Å². The van der Waals surface area contributed by atoms with Crippen molar-refractivity contribution in [3.63, 3.8) is 0 Å². The minimum absolute atomic E-state index is 0.221. The van der Waals surface area contributed by atoms with Crippen LogP contribution in [0.5, 0.6) is 0 Å². The van der Waals surface area contributed by atoms with Crippen LogP contribution in [0, 0.1) is 0 Å². The molecule has 0 aliphatic heterocycles. The first-order valence-electron chi connectivity index (χ1n) is 11.2. The van der Waals surface area contributed by atoms with Gasteiger partial charge in [0.2, 0.25) is 0 Å². The molecule has 0 spiro atoms. The van der Waals surface area contributed by atoms with E-state index in [2.05, 4.69) is 63.7 Å². The highest BCUT2D eigenvalue weighted by molar-refractivity contribution is 5.99. The van der Waals surface area contributed by atoms with Gasteiger partial charge in [-0.3, -0.25) is 0 Å². The summed E-state index contributed by atoms with van der Waals surface area (Å²) in [5.74, 6) is -0.963. The molecule has 1 aromatic heterocycles. The highest BCUT2D eigenvalue weighted by Gasteiger charge is 2.13. The molecule has 5 rings (SSSR count). The van der Waals surface area contributed by atoms with E-state index in [0.29, 0.717) is 5.69 Å². The van der Waals surface area contributed by atoms with Gasteiger partial charge in [-0.2, -0.15) is 5.11 Å². The normalized spacial score (nSPS) is 11.3. The van der Waals surface area contributed by atoms with Crippen LogP contribution in [0.1, 0.15) is 21.5 Å². The zero-order valence-electron chi connectivity index (χ0n) is 18.5. The second-order valence-corrected chi connectivity index (χ2v) is 8.13. The van der Waals surface area contributed by atoms with Gasteiger partial charge in [0.25, 0.3) is 0 Å². The Morgan fingerprint density at radius 3 is 2.06 bits per heavy atom. The third-order valence-electron chi connectivity index (χ3n) is 5.85. The van der Waals surface area contributed by atoms with Crippen molar-refractivity contribution in [3.8, 4) is 11.3 Å². The maximum atomic E-state index is 11.1. The molecular weight excluding hydrogens is 422 g/mol. The molecule has 0 fully saturated rings. The summed E-state index contributed by atoms with van der Waals surface area (Å²) >= 11 is 0. The van der Waals surface area contributed by atoms with Crippen molar-refractivity contribution in [2.45, 2.75) is 12.8 Å². The van der Waals surface area contributed by atoms with Gasteiger partial charge in [0.1, 0.15) is 5.69 Å². The Hall–Kier alpha value is -4.51. The number of nitrogens with one attached hydrogen (secondary N) is 1. The molecule has 166 valence electrons. The summed E-state index contributed by atoms with van der Waals surface area (Å²) in [6.07, 6.45) is 1.99. The largest absolute Gasteiger partial charge is 0.478 e. The fourth-order valence-corrected chi connectivity index (χ4v) is 3.99. The number of hydrogen-bond acceptors (Lipinski definition) is 3. The Morgan fingerprint density at radius 2 is 1.35 bits per heavy atom. The third kappa shape index (κ3) is 4.64. The van der Waals surface area contributed by atoms with Crippen LogP contribution >= 0.6 is 0 Å². The van der Waals surface area contributed by atoms with Gasteiger partial charge in [0.15, 0.2) is 0 Å². The molecule has 0 bridgehead atoms. The average molecular weight is 446 g/mol. The molecule has 5 aromatic rings. The van der Waals surface area contributed by atoms with Gasteiger partial charge in [-0.25, -0.2) is 4.79 Å². The number of aromatic nitrogens is 1. The summed E-state index contributed by atoms with van der Waals surface area (Å²) in [5.41, 5.74) is 7.12. The number of benzene rings is 4. The Kier molecular flexibility index (Phi) is 5.99. The van der Waals surface area contributed by atoms with Gasteiger partial charge >= 0.3 is 5.97 Å². The fourth-order valence-electron chi connectivity index (χ4n) is 3.99. The maximum Gasteiger partial charge on any atom is 0.335 e. The molecule has 34 heavy (non-hydrogen) atoms. The summed E-state index contributed by atoms with van der Waals surface area (Å²) in [5, 5.41) is 19.0. The average Bonchev–Trinajstić information content (AvgIpc) is 3.26. The predicted molar refractivity (Wildman–Crippen MR) is 135 cm³/mol. The first-order valence-corrected chi connectivity index (χ1v) is 11.2. The van der Waals surface area contributed by atoms with Crippen molar-refractivity contribution < 1.29 is 9.90 Å². The zero-order chi connectivity index (χ0) is 23.3. The van der Waals surface area contributed by atoms with Gasteiger partial charge in [0, 0.05) is 16.5 Å². The SMILES string of the molecule is O=C(O)c1ccc(N=Nc2c(-c3ccc(CCc4ccccc4)cc3)[nH]c3ccccc23)cc1. The third-order valence-corrected chi connectivity index (χ3v) is 5.85. The topological polar surface area (TPSA) is 77.8 Å². The standard InChI is InChI=1S/C29H23N3O2/c33-29(34)23-16-18-24(19-17-23)31-32-28-25-8-4-5-9-26(25)30-27(28)22-14-12-21(13-15-22)11-10-20-6-2-1-3-7-20/h1-9,12-19,30H,10-11H2,(H,33,34). The van der Waals surface area contributed by atoms with E-state index in [1.807, 2.05) is 30.3 Å². The van der Waals surface area contributed by atoms with Crippen molar-refractivity contribution >= 4 is 28.2 Å². The molecule has 0 radical (unpaired) electrons. The first kappa shape index (κ1) is 21.3. The number of nitrogens with zero attached hydrogens (tertiary/aromatic N) is 2. The Labute approximate surface area is 197 Å². The number of fused-ring (bicyclic) bond motifs is 1. The molecule has 0 aliphatic carbocycles. The van der Waals surface area contributed by atoms with Crippen LogP contribution < -0.4 is 0 Å². The summed E-state index contributed by atoms with van der Waals surface area (Å²) in [7, 11) is 0. The lowest BCUT2D eigenvalue weighted by molar-refractivity contribution is 0.0697. The monoisotopic (exact) mass is 445 g/mol. The van der Waals surface area contributed by atoms with Gasteiger partial charge in [-0.1, -0.05) is 72.8 Å². The number of carboxylic acid groups (broad SMARTS) is 1. The number of hydrogen-bond donors (Lipinski definition) is 2. The number of rotatable bonds is 7. The van der Waals surface area contributed by atoms with Gasteiger partial charge in [-0.15, -0.1) is 5.11 Å². The lowest BCUT2D eigenvalue weighted by Gasteiger charge is -2.05. The van der Waals surface area contributed by atoms with E-state index in [0.717, 1.165) is 40.7 Å². The van der Waals surface area contributed by atoms with Gasteiger partial charge in [0.05, 0.1) is 16.9 Å². The molecule has 0 atom stereocenters. The molecule has 1 heterocycles. The van der Waals surface area contributed by atoms with E-state index in [-0.39, 0.29) is 5.56 Å². The van der Waals surface area contributed by atoms with E-state index in [1.54, 1.807) is 12.1 Å². The van der Waals surface area contributed by atoms with Crippen LogP contribution in [-0.2, 0) is 12.8 Å².